The van der Waals surface area contributed by atoms with Crippen LogP contribution in [0.2, 0.25) is 0 Å². The van der Waals surface area contributed by atoms with Crippen LogP contribution in [0.1, 0.15) is 10.4 Å². The lowest BCUT2D eigenvalue weighted by Gasteiger charge is -2.18. The Labute approximate surface area is 115 Å². The second-order valence-electron chi connectivity index (χ2n) is 3.71. The van der Waals surface area contributed by atoms with E-state index in [1.807, 2.05) is 0 Å². The molecule has 0 fully saturated rings. The van der Waals surface area contributed by atoms with Crippen molar-refractivity contribution < 1.29 is 13.2 Å². The van der Waals surface area contributed by atoms with Crippen LogP contribution in [0, 0.1) is 0 Å². The van der Waals surface area contributed by atoms with Crippen molar-refractivity contribution in [3.05, 3.63) is 66.2 Å². The van der Waals surface area contributed by atoms with Crippen molar-refractivity contribution in [1.29, 1.82) is 0 Å². The average molecular weight is 296 g/mol. The number of nitrogens with zero attached hydrogens (tertiary/aromatic N) is 1. The van der Waals surface area contributed by atoms with E-state index in [-0.39, 0.29) is 11.3 Å². The van der Waals surface area contributed by atoms with Gasteiger partial charge in [0.25, 0.3) is 5.91 Å². The molecule has 0 aliphatic rings. The lowest BCUT2D eigenvalue weighted by Crippen LogP contribution is -2.33. The molecular weight excluding hydrogens is 286 g/mol. The van der Waals surface area contributed by atoms with Crippen molar-refractivity contribution in [2.75, 3.05) is 4.31 Å². The van der Waals surface area contributed by atoms with Crippen molar-refractivity contribution in [1.82, 2.24) is 0 Å². The molecule has 0 atom stereocenters. The molecule has 2 aromatic carbocycles. The van der Waals surface area contributed by atoms with Gasteiger partial charge < -0.3 is 0 Å². The first-order chi connectivity index (χ1) is 9.00. The number of anilines is 1. The number of para-hydroxylation sites is 1. The van der Waals surface area contributed by atoms with Gasteiger partial charge in [-0.3, -0.25) is 4.79 Å². The smallest absolute Gasteiger partial charge is 0.268 e. The average Bonchev–Trinajstić information content (AvgIpc) is 2.39. The van der Waals surface area contributed by atoms with Crippen LogP contribution < -0.4 is 4.31 Å². The maximum Gasteiger partial charge on any atom is 0.328 e. The quantitative estimate of drug-likeness (QED) is 0.818. The molecule has 1 amide bonds. The summed E-state index contributed by atoms with van der Waals surface area (Å²) in [6.07, 6.45) is 0. The minimum absolute atomic E-state index is 0.200. The predicted molar refractivity (Wildman–Crippen MR) is 74.5 cm³/mol. The van der Waals surface area contributed by atoms with Gasteiger partial charge in [0.05, 0.1) is 5.69 Å². The number of rotatable bonds is 3. The Morgan fingerprint density at radius 1 is 0.895 bits per heavy atom. The molecule has 2 rings (SSSR count). The van der Waals surface area contributed by atoms with E-state index < -0.39 is 15.1 Å². The van der Waals surface area contributed by atoms with Crippen LogP contribution in [0.3, 0.4) is 0 Å². The van der Waals surface area contributed by atoms with Gasteiger partial charge in [0, 0.05) is 16.2 Å². The van der Waals surface area contributed by atoms with E-state index in [0.717, 1.165) is 0 Å². The summed E-state index contributed by atoms with van der Waals surface area (Å²) in [4.78, 5) is 12.3. The van der Waals surface area contributed by atoms with Gasteiger partial charge >= 0.3 is 9.24 Å². The molecule has 4 nitrogen and oxygen atoms in total. The van der Waals surface area contributed by atoms with Crippen molar-refractivity contribution >= 4 is 31.5 Å². The second kappa shape index (κ2) is 5.42. The Kier molecular flexibility index (Phi) is 3.87. The van der Waals surface area contributed by atoms with E-state index in [4.69, 9.17) is 10.7 Å². The third-order valence-electron chi connectivity index (χ3n) is 2.41. The standard InChI is InChI=1S/C13H10ClNO3S/c14-19(17,18)15(12-9-5-2-6-10-12)13(16)11-7-3-1-4-8-11/h1-10H. The molecule has 0 saturated carbocycles. The van der Waals surface area contributed by atoms with Gasteiger partial charge in [-0.15, -0.1) is 0 Å². The van der Waals surface area contributed by atoms with Gasteiger partial charge in [-0.2, -0.15) is 12.7 Å². The molecule has 0 unspecified atom stereocenters. The Bertz CT molecular complexity index is 672. The highest BCUT2D eigenvalue weighted by Gasteiger charge is 2.28. The zero-order valence-corrected chi connectivity index (χ0v) is 11.3. The summed E-state index contributed by atoms with van der Waals surface area (Å²) in [7, 11) is 1.15. The zero-order valence-electron chi connectivity index (χ0n) is 9.73. The minimum Gasteiger partial charge on any atom is -0.268 e. The van der Waals surface area contributed by atoms with Crippen molar-refractivity contribution in [2.45, 2.75) is 0 Å². The molecule has 0 saturated heterocycles. The third kappa shape index (κ3) is 3.13. The molecule has 19 heavy (non-hydrogen) atoms. The van der Waals surface area contributed by atoms with E-state index in [0.29, 0.717) is 4.31 Å². The Morgan fingerprint density at radius 3 is 1.84 bits per heavy atom. The highest BCUT2D eigenvalue weighted by atomic mass is 35.7. The van der Waals surface area contributed by atoms with Crippen LogP contribution in [0.4, 0.5) is 5.69 Å². The molecule has 2 aromatic rings. The molecule has 0 aliphatic carbocycles. The lowest BCUT2D eigenvalue weighted by atomic mass is 10.2. The fraction of sp³-hybridized carbons (Fsp3) is 0. The molecule has 0 bridgehead atoms. The summed E-state index contributed by atoms with van der Waals surface area (Å²) in [6, 6.07) is 16.1. The summed E-state index contributed by atoms with van der Waals surface area (Å²) in [5, 5.41) is 0. The highest BCUT2D eigenvalue weighted by Crippen LogP contribution is 2.22. The summed E-state index contributed by atoms with van der Waals surface area (Å²) in [6.45, 7) is 0. The van der Waals surface area contributed by atoms with E-state index in [2.05, 4.69) is 0 Å². The molecule has 0 N–H and O–H groups in total. The largest absolute Gasteiger partial charge is 0.328 e. The number of amides is 1. The third-order valence-corrected chi connectivity index (χ3v) is 3.64. The Balaban J connectivity index is 2.50. The predicted octanol–water partition coefficient (Wildman–Crippen LogP) is 2.82. The normalized spacial score (nSPS) is 11.0. The number of hydrogen-bond donors (Lipinski definition) is 0. The number of benzene rings is 2. The lowest BCUT2D eigenvalue weighted by molar-refractivity contribution is 0.101. The van der Waals surface area contributed by atoms with Crippen molar-refractivity contribution in [3.63, 3.8) is 0 Å². The van der Waals surface area contributed by atoms with Gasteiger partial charge in [-0.1, -0.05) is 36.4 Å². The van der Waals surface area contributed by atoms with Crippen molar-refractivity contribution in [2.24, 2.45) is 0 Å². The highest BCUT2D eigenvalue weighted by molar-refractivity contribution is 8.15. The van der Waals surface area contributed by atoms with Crippen molar-refractivity contribution in [3.8, 4) is 0 Å². The van der Waals surface area contributed by atoms with E-state index in [9.17, 15) is 13.2 Å². The van der Waals surface area contributed by atoms with Gasteiger partial charge in [-0.05, 0) is 24.3 Å². The first kappa shape index (κ1) is 13.6. The first-order valence-corrected chi connectivity index (χ1v) is 7.66. The maximum atomic E-state index is 12.3. The molecule has 0 radical (unpaired) electrons. The van der Waals surface area contributed by atoms with Crippen LogP contribution in [-0.2, 0) is 9.24 Å². The van der Waals surface area contributed by atoms with Crippen LogP contribution in [0.5, 0.6) is 0 Å². The monoisotopic (exact) mass is 295 g/mol. The fourth-order valence-corrected chi connectivity index (χ4v) is 2.71. The summed E-state index contributed by atoms with van der Waals surface area (Å²) < 4.78 is 23.8. The molecular formula is C13H10ClNO3S. The van der Waals surface area contributed by atoms with E-state index in [1.165, 1.54) is 24.3 Å². The summed E-state index contributed by atoms with van der Waals surface area (Å²) >= 11 is 0. The van der Waals surface area contributed by atoms with Gasteiger partial charge in [0.2, 0.25) is 0 Å². The number of carbonyl (C=O) groups is 1. The van der Waals surface area contributed by atoms with Crippen LogP contribution in [-0.4, -0.2) is 14.3 Å². The molecule has 0 heterocycles. The van der Waals surface area contributed by atoms with E-state index in [1.54, 1.807) is 36.4 Å². The first-order valence-electron chi connectivity index (χ1n) is 5.39. The van der Waals surface area contributed by atoms with Crippen LogP contribution in [0.15, 0.2) is 60.7 Å². The number of halogens is 1. The zero-order chi connectivity index (χ0) is 13.9. The molecule has 0 spiro atoms. The Morgan fingerprint density at radius 2 is 1.37 bits per heavy atom. The van der Waals surface area contributed by atoms with Crippen LogP contribution >= 0.6 is 10.7 Å². The summed E-state index contributed by atoms with van der Waals surface area (Å²) in [5.41, 5.74) is 0.446. The number of carbonyl (C=O) groups excluding carboxylic acids is 1. The van der Waals surface area contributed by atoms with Gasteiger partial charge in [0.15, 0.2) is 0 Å². The fourth-order valence-electron chi connectivity index (χ4n) is 1.60. The van der Waals surface area contributed by atoms with Crippen LogP contribution in [0.25, 0.3) is 0 Å². The van der Waals surface area contributed by atoms with Gasteiger partial charge in [0.1, 0.15) is 0 Å². The van der Waals surface area contributed by atoms with Gasteiger partial charge in [-0.25, -0.2) is 0 Å². The Hall–Kier alpha value is -1.85. The minimum atomic E-state index is -4.21. The maximum absolute atomic E-state index is 12.3. The molecule has 0 aromatic heterocycles. The molecule has 0 aliphatic heterocycles. The SMILES string of the molecule is O=C(c1ccccc1)N(c1ccccc1)S(=O)(=O)Cl. The molecule has 6 heteroatoms. The topological polar surface area (TPSA) is 54.5 Å². The summed E-state index contributed by atoms with van der Waals surface area (Å²) in [5.74, 6) is -0.693. The second-order valence-corrected chi connectivity index (χ2v) is 6.07. The number of hydrogen-bond acceptors (Lipinski definition) is 3. The van der Waals surface area contributed by atoms with E-state index >= 15 is 0 Å². The molecule has 98 valence electrons.